The molecule has 0 saturated carbocycles. The van der Waals surface area contributed by atoms with E-state index in [1.807, 2.05) is 0 Å². The van der Waals surface area contributed by atoms with E-state index >= 15 is 0 Å². The molecule has 1 rings (SSSR count). The quantitative estimate of drug-likeness (QED) is 0.495. The first-order chi connectivity index (χ1) is 5.11. The molecule has 0 unspecified atom stereocenters. The predicted molar refractivity (Wildman–Crippen MR) is 50.5 cm³/mol. The zero-order chi connectivity index (χ0) is 8.32. The molecular weight excluding hydrogens is 132 g/mol. The van der Waals surface area contributed by atoms with Gasteiger partial charge in [-0.25, -0.2) is 0 Å². The van der Waals surface area contributed by atoms with Gasteiger partial charge >= 0.3 is 0 Å². The van der Waals surface area contributed by atoms with Crippen molar-refractivity contribution in [3.63, 3.8) is 0 Å². The van der Waals surface area contributed by atoms with Gasteiger partial charge in [0, 0.05) is 0 Å². The molecule has 0 heteroatoms. The summed E-state index contributed by atoms with van der Waals surface area (Å²) in [6, 6.07) is 0. The van der Waals surface area contributed by atoms with Gasteiger partial charge in [0.2, 0.25) is 0 Å². The van der Waals surface area contributed by atoms with Gasteiger partial charge in [-0.3, -0.25) is 0 Å². The van der Waals surface area contributed by atoms with E-state index < -0.39 is 0 Å². The summed E-state index contributed by atoms with van der Waals surface area (Å²) in [7, 11) is 0. The lowest BCUT2D eigenvalue weighted by molar-refractivity contribution is 0.245. The summed E-state index contributed by atoms with van der Waals surface area (Å²) in [6.07, 6.45) is 11.3. The Hall–Kier alpha value is -0.520. The van der Waals surface area contributed by atoms with Crippen LogP contribution in [0.15, 0.2) is 24.3 Å². The summed E-state index contributed by atoms with van der Waals surface area (Å²) in [4.78, 5) is 0. The van der Waals surface area contributed by atoms with Crippen LogP contribution in [0, 0.1) is 11.3 Å². The van der Waals surface area contributed by atoms with Crippen LogP contribution in [0.3, 0.4) is 0 Å². The monoisotopic (exact) mass is 150 g/mol. The molecule has 1 aliphatic carbocycles. The highest BCUT2D eigenvalue weighted by Gasteiger charge is 2.22. The molecule has 0 bridgehead atoms. The Bertz CT molecular complexity index is 153. The second-order valence-corrected chi connectivity index (χ2v) is 4.39. The molecule has 0 heterocycles. The van der Waals surface area contributed by atoms with Gasteiger partial charge in [-0.05, 0) is 24.2 Å². The molecule has 0 aliphatic heterocycles. The summed E-state index contributed by atoms with van der Waals surface area (Å²) in [6.45, 7) is 6.97. The lowest BCUT2D eigenvalue weighted by Crippen LogP contribution is -2.18. The van der Waals surface area contributed by atoms with Crippen LogP contribution >= 0.6 is 0 Å². The SMILES string of the molecule is CC(C)(C)C1CC=CC=CC1. The number of hydrogen-bond acceptors (Lipinski definition) is 0. The molecular formula is C11H18. The molecule has 11 heavy (non-hydrogen) atoms. The van der Waals surface area contributed by atoms with Crippen LogP contribution in [0.5, 0.6) is 0 Å². The summed E-state index contributed by atoms with van der Waals surface area (Å²) >= 11 is 0. The molecule has 0 fully saturated rings. The lowest BCUT2D eigenvalue weighted by atomic mass is 9.77. The van der Waals surface area contributed by atoms with Crippen LogP contribution in [-0.2, 0) is 0 Å². The minimum atomic E-state index is 0.457. The van der Waals surface area contributed by atoms with Crippen molar-refractivity contribution in [2.75, 3.05) is 0 Å². The summed E-state index contributed by atoms with van der Waals surface area (Å²) in [5.41, 5.74) is 0.457. The fourth-order valence-corrected chi connectivity index (χ4v) is 1.45. The molecule has 1 aliphatic rings. The topological polar surface area (TPSA) is 0 Å². The normalized spacial score (nSPS) is 20.3. The smallest absolute Gasteiger partial charge is 0.0296 e. The van der Waals surface area contributed by atoms with Crippen molar-refractivity contribution in [3.8, 4) is 0 Å². The van der Waals surface area contributed by atoms with Crippen LogP contribution in [0.25, 0.3) is 0 Å². The van der Waals surface area contributed by atoms with E-state index in [2.05, 4.69) is 45.1 Å². The molecule has 0 aromatic heterocycles. The summed E-state index contributed by atoms with van der Waals surface area (Å²) in [5, 5.41) is 0. The molecule has 0 aromatic rings. The first-order valence-corrected chi connectivity index (χ1v) is 4.42. The Morgan fingerprint density at radius 1 is 1.00 bits per heavy atom. The average molecular weight is 150 g/mol. The number of rotatable bonds is 0. The van der Waals surface area contributed by atoms with Gasteiger partial charge in [-0.1, -0.05) is 45.1 Å². The second kappa shape index (κ2) is 3.25. The minimum absolute atomic E-state index is 0.457. The zero-order valence-electron chi connectivity index (χ0n) is 7.80. The van der Waals surface area contributed by atoms with Crippen molar-refractivity contribution in [1.82, 2.24) is 0 Å². The van der Waals surface area contributed by atoms with Crippen LogP contribution < -0.4 is 0 Å². The van der Waals surface area contributed by atoms with Gasteiger partial charge in [0.1, 0.15) is 0 Å². The average Bonchev–Trinajstić information content (AvgIpc) is 2.10. The Balaban J connectivity index is 2.60. The van der Waals surface area contributed by atoms with Crippen LogP contribution in [-0.4, -0.2) is 0 Å². The van der Waals surface area contributed by atoms with Gasteiger partial charge < -0.3 is 0 Å². The maximum absolute atomic E-state index is 2.32. The van der Waals surface area contributed by atoms with E-state index in [0.717, 1.165) is 5.92 Å². The van der Waals surface area contributed by atoms with E-state index in [4.69, 9.17) is 0 Å². The van der Waals surface area contributed by atoms with Crippen LogP contribution in [0.2, 0.25) is 0 Å². The standard InChI is InChI=1S/C11H18/c1-11(2,3)10-8-6-4-5-7-9-10/h4-7,10H,8-9H2,1-3H3. The van der Waals surface area contributed by atoms with Crippen LogP contribution in [0.1, 0.15) is 33.6 Å². The van der Waals surface area contributed by atoms with Gasteiger partial charge in [-0.2, -0.15) is 0 Å². The highest BCUT2D eigenvalue weighted by Crippen LogP contribution is 2.32. The largest absolute Gasteiger partial charge is 0.0842 e. The van der Waals surface area contributed by atoms with Gasteiger partial charge in [0.25, 0.3) is 0 Å². The molecule has 0 spiro atoms. The maximum atomic E-state index is 2.32. The van der Waals surface area contributed by atoms with Crippen molar-refractivity contribution in [2.24, 2.45) is 11.3 Å². The first kappa shape index (κ1) is 8.58. The van der Waals surface area contributed by atoms with E-state index in [1.54, 1.807) is 0 Å². The second-order valence-electron chi connectivity index (χ2n) is 4.39. The highest BCUT2D eigenvalue weighted by molar-refractivity contribution is 5.07. The first-order valence-electron chi connectivity index (χ1n) is 4.42. The lowest BCUT2D eigenvalue weighted by Gasteiger charge is -2.28. The third-order valence-corrected chi connectivity index (χ3v) is 2.45. The molecule has 0 saturated heterocycles. The zero-order valence-corrected chi connectivity index (χ0v) is 7.80. The third-order valence-electron chi connectivity index (χ3n) is 2.45. The number of allylic oxidation sites excluding steroid dienone is 4. The fraction of sp³-hybridized carbons (Fsp3) is 0.636. The highest BCUT2D eigenvalue weighted by atomic mass is 14.3. The third kappa shape index (κ3) is 2.53. The Morgan fingerprint density at radius 2 is 1.45 bits per heavy atom. The molecule has 62 valence electrons. The minimum Gasteiger partial charge on any atom is -0.0842 e. The van der Waals surface area contributed by atoms with Crippen molar-refractivity contribution in [3.05, 3.63) is 24.3 Å². The molecule has 0 radical (unpaired) electrons. The molecule has 0 nitrogen and oxygen atoms in total. The predicted octanol–water partition coefficient (Wildman–Crippen LogP) is 3.55. The van der Waals surface area contributed by atoms with E-state index in [-0.39, 0.29) is 0 Å². The molecule has 0 amide bonds. The maximum Gasteiger partial charge on any atom is -0.0296 e. The van der Waals surface area contributed by atoms with Gasteiger partial charge in [-0.15, -0.1) is 0 Å². The molecule has 0 aromatic carbocycles. The summed E-state index contributed by atoms with van der Waals surface area (Å²) in [5.74, 6) is 0.817. The van der Waals surface area contributed by atoms with Crippen molar-refractivity contribution in [2.45, 2.75) is 33.6 Å². The Morgan fingerprint density at radius 3 is 1.82 bits per heavy atom. The number of hydrogen-bond donors (Lipinski definition) is 0. The van der Waals surface area contributed by atoms with Crippen molar-refractivity contribution >= 4 is 0 Å². The van der Waals surface area contributed by atoms with E-state index in [9.17, 15) is 0 Å². The molecule has 0 atom stereocenters. The van der Waals surface area contributed by atoms with Gasteiger partial charge in [0.05, 0.1) is 0 Å². The van der Waals surface area contributed by atoms with Crippen molar-refractivity contribution < 1.29 is 0 Å². The van der Waals surface area contributed by atoms with E-state index in [0.29, 0.717) is 5.41 Å². The van der Waals surface area contributed by atoms with Gasteiger partial charge in [0.15, 0.2) is 0 Å². The van der Waals surface area contributed by atoms with Crippen LogP contribution in [0.4, 0.5) is 0 Å². The molecule has 0 N–H and O–H groups in total. The fourth-order valence-electron chi connectivity index (χ4n) is 1.45. The Kier molecular flexibility index (Phi) is 2.53. The van der Waals surface area contributed by atoms with Crippen molar-refractivity contribution in [1.29, 1.82) is 0 Å². The summed E-state index contributed by atoms with van der Waals surface area (Å²) < 4.78 is 0. The van der Waals surface area contributed by atoms with E-state index in [1.165, 1.54) is 12.8 Å². The Labute approximate surface area is 70.0 Å².